The van der Waals surface area contributed by atoms with Crippen LogP contribution in [-0.4, -0.2) is 76.8 Å². The number of pyridine rings is 1. The summed E-state index contributed by atoms with van der Waals surface area (Å²) >= 11 is 0. The van der Waals surface area contributed by atoms with E-state index in [9.17, 15) is 4.79 Å². The van der Waals surface area contributed by atoms with Crippen molar-refractivity contribution in [1.29, 1.82) is 0 Å². The maximum absolute atomic E-state index is 11.6. The molecule has 0 spiro atoms. The number of hydrogen-bond acceptors (Lipinski definition) is 8. The smallest absolute Gasteiger partial charge is 0.244 e. The molecule has 9 heteroatoms. The Labute approximate surface area is 176 Å². The molecule has 0 aliphatic carbocycles. The fraction of sp³-hybridized carbons (Fsp3) is 0.619. The molecule has 2 saturated heterocycles. The van der Waals surface area contributed by atoms with E-state index < -0.39 is 0 Å². The first-order chi connectivity index (χ1) is 14.7. The highest BCUT2D eigenvalue weighted by Gasteiger charge is 2.37. The Morgan fingerprint density at radius 3 is 2.83 bits per heavy atom. The second kappa shape index (κ2) is 9.53. The largest absolute Gasteiger partial charge is 0.491 e. The molecule has 0 radical (unpaired) electrons. The number of carbonyl (C=O) groups excluding carboxylic acids is 1. The first kappa shape index (κ1) is 20.7. The van der Waals surface area contributed by atoms with Gasteiger partial charge in [0, 0.05) is 45.4 Å². The van der Waals surface area contributed by atoms with Crippen LogP contribution in [0, 0.1) is 0 Å². The van der Waals surface area contributed by atoms with Crippen LogP contribution < -0.4 is 4.74 Å². The van der Waals surface area contributed by atoms with Gasteiger partial charge in [-0.05, 0) is 38.3 Å². The molecule has 0 bridgehead atoms. The van der Waals surface area contributed by atoms with Gasteiger partial charge in [-0.2, -0.15) is 4.98 Å². The molecule has 4 rings (SSSR count). The molecule has 2 fully saturated rings. The number of piperidine rings is 1. The predicted octanol–water partition coefficient (Wildman–Crippen LogP) is 2.30. The molecule has 1 unspecified atom stereocenters. The van der Waals surface area contributed by atoms with Crippen molar-refractivity contribution in [2.24, 2.45) is 0 Å². The molecule has 0 aromatic carbocycles. The first-order valence-electron chi connectivity index (χ1n) is 10.6. The quantitative estimate of drug-likeness (QED) is 0.636. The summed E-state index contributed by atoms with van der Waals surface area (Å²) in [4.78, 5) is 25.0. The van der Waals surface area contributed by atoms with Gasteiger partial charge in [0.25, 0.3) is 0 Å². The molecule has 162 valence electrons. The van der Waals surface area contributed by atoms with E-state index in [1.165, 1.54) is 0 Å². The second-order valence-electron chi connectivity index (χ2n) is 7.81. The van der Waals surface area contributed by atoms with Gasteiger partial charge in [0.05, 0.1) is 12.6 Å². The van der Waals surface area contributed by atoms with E-state index in [2.05, 4.69) is 20.0 Å². The van der Waals surface area contributed by atoms with Gasteiger partial charge in [-0.1, -0.05) is 5.16 Å². The van der Waals surface area contributed by atoms with Crippen LogP contribution in [0.5, 0.6) is 5.75 Å². The topological polar surface area (TPSA) is 93.8 Å². The molecule has 2 aliphatic heterocycles. The van der Waals surface area contributed by atoms with Crippen molar-refractivity contribution in [1.82, 2.24) is 24.9 Å². The van der Waals surface area contributed by atoms with Crippen molar-refractivity contribution in [3.05, 3.63) is 24.2 Å². The monoisotopic (exact) mass is 415 g/mol. The molecule has 30 heavy (non-hydrogen) atoms. The van der Waals surface area contributed by atoms with E-state index in [1.54, 1.807) is 26.3 Å². The molecule has 0 N–H and O–H groups in total. The summed E-state index contributed by atoms with van der Waals surface area (Å²) in [5, 5.41) is 4.18. The maximum Gasteiger partial charge on any atom is 0.244 e. The summed E-state index contributed by atoms with van der Waals surface area (Å²) < 4.78 is 16.3. The number of rotatable bonds is 7. The highest BCUT2D eigenvalue weighted by Crippen LogP contribution is 2.36. The third-order valence-corrected chi connectivity index (χ3v) is 5.92. The van der Waals surface area contributed by atoms with Crippen molar-refractivity contribution in [2.45, 2.75) is 44.7 Å². The second-order valence-corrected chi connectivity index (χ2v) is 7.81. The van der Waals surface area contributed by atoms with E-state index in [0.29, 0.717) is 42.4 Å². The standard InChI is InChI=1S/C21H29N5O4/c1-15(27)25-10-6-16(7-11-25)26-9-3-4-19(26)21-23-20(24-30-21)18-14-17(5-8-22-18)29-13-12-28-2/h5,8,14,16,19H,3-4,6-7,9-13H2,1-2H3. The zero-order chi connectivity index (χ0) is 20.9. The van der Waals surface area contributed by atoms with Crippen LogP contribution in [0.1, 0.15) is 44.5 Å². The summed E-state index contributed by atoms with van der Waals surface area (Å²) in [5.74, 6) is 1.97. The molecule has 0 saturated carbocycles. The lowest BCUT2D eigenvalue weighted by Crippen LogP contribution is -2.46. The first-order valence-corrected chi connectivity index (χ1v) is 10.6. The number of likely N-dealkylation sites (tertiary alicyclic amines) is 2. The van der Waals surface area contributed by atoms with Gasteiger partial charge in [-0.25, -0.2) is 0 Å². The van der Waals surface area contributed by atoms with Crippen molar-refractivity contribution >= 4 is 5.91 Å². The lowest BCUT2D eigenvalue weighted by Gasteiger charge is -2.38. The minimum atomic E-state index is 0.126. The van der Waals surface area contributed by atoms with E-state index in [4.69, 9.17) is 14.0 Å². The number of amides is 1. The average Bonchev–Trinajstić information content (AvgIpc) is 3.44. The van der Waals surface area contributed by atoms with Crippen LogP contribution in [0.3, 0.4) is 0 Å². The molecule has 2 aromatic rings. The van der Waals surface area contributed by atoms with Crippen LogP contribution in [0.25, 0.3) is 11.5 Å². The van der Waals surface area contributed by atoms with Crippen LogP contribution >= 0.6 is 0 Å². The van der Waals surface area contributed by atoms with E-state index in [1.807, 2.05) is 11.0 Å². The summed E-state index contributed by atoms with van der Waals surface area (Å²) in [6.45, 7) is 5.29. The Bertz CT molecular complexity index is 849. The maximum atomic E-state index is 11.6. The molecule has 4 heterocycles. The van der Waals surface area contributed by atoms with Crippen molar-refractivity contribution in [3.63, 3.8) is 0 Å². The fourth-order valence-electron chi connectivity index (χ4n) is 4.34. The lowest BCUT2D eigenvalue weighted by atomic mass is 10.0. The number of ether oxygens (including phenoxy) is 2. The van der Waals surface area contributed by atoms with Gasteiger partial charge in [-0.3, -0.25) is 14.7 Å². The van der Waals surface area contributed by atoms with Crippen molar-refractivity contribution in [3.8, 4) is 17.3 Å². The summed E-state index contributed by atoms with van der Waals surface area (Å²) in [7, 11) is 1.64. The fourth-order valence-corrected chi connectivity index (χ4v) is 4.34. The number of hydrogen-bond donors (Lipinski definition) is 0. The van der Waals surface area contributed by atoms with Gasteiger partial charge >= 0.3 is 0 Å². The third-order valence-electron chi connectivity index (χ3n) is 5.92. The Balaban J connectivity index is 1.43. The van der Waals surface area contributed by atoms with Crippen LogP contribution in [0.4, 0.5) is 0 Å². The number of methoxy groups -OCH3 is 1. The predicted molar refractivity (Wildman–Crippen MR) is 109 cm³/mol. The SMILES string of the molecule is COCCOc1ccnc(-c2noc(C3CCCN3C3CCN(C(C)=O)CC3)n2)c1. The molecular formula is C21H29N5O4. The van der Waals surface area contributed by atoms with Gasteiger partial charge in [0.15, 0.2) is 0 Å². The Morgan fingerprint density at radius 1 is 1.23 bits per heavy atom. The Morgan fingerprint density at radius 2 is 2.07 bits per heavy atom. The molecule has 9 nitrogen and oxygen atoms in total. The number of nitrogens with zero attached hydrogens (tertiary/aromatic N) is 5. The summed E-state index contributed by atoms with van der Waals surface area (Å²) in [5.41, 5.74) is 0.624. The molecular weight excluding hydrogens is 386 g/mol. The van der Waals surface area contributed by atoms with Crippen molar-refractivity contribution in [2.75, 3.05) is 40.0 Å². The molecule has 1 atom stereocenters. The summed E-state index contributed by atoms with van der Waals surface area (Å²) in [6.07, 6.45) is 5.76. The van der Waals surface area contributed by atoms with E-state index >= 15 is 0 Å². The Hall–Kier alpha value is -2.52. The summed E-state index contributed by atoms with van der Waals surface area (Å²) in [6, 6.07) is 4.18. The highest BCUT2D eigenvalue weighted by molar-refractivity contribution is 5.73. The van der Waals surface area contributed by atoms with E-state index in [-0.39, 0.29) is 11.9 Å². The van der Waals surface area contributed by atoms with Crippen LogP contribution in [-0.2, 0) is 9.53 Å². The minimum absolute atomic E-state index is 0.126. The number of aromatic nitrogens is 3. The van der Waals surface area contributed by atoms with Gasteiger partial charge in [0.2, 0.25) is 17.6 Å². The average molecular weight is 415 g/mol. The van der Waals surface area contributed by atoms with Crippen LogP contribution in [0.15, 0.2) is 22.9 Å². The van der Waals surface area contributed by atoms with Gasteiger partial charge in [-0.15, -0.1) is 0 Å². The highest BCUT2D eigenvalue weighted by atomic mass is 16.5. The van der Waals surface area contributed by atoms with Gasteiger partial charge in [0.1, 0.15) is 18.1 Å². The zero-order valence-corrected chi connectivity index (χ0v) is 17.6. The molecule has 1 amide bonds. The van der Waals surface area contributed by atoms with Crippen LogP contribution in [0.2, 0.25) is 0 Å². The third kappa shape index (κ3) is 4.62. The van der Waals surface area contributed by atoms with Gasteiger partial charge < -0.3 is 18.9 Å². The van der Waals surface area contributed by atoms with Crippen molar-refractivity contribution < 1.29 is 18.8 Å². The minimum Gasteiger partial charge on any atom is -0.491 e. The van der Waals surface area contributed by atoms with E-state index in [0.717, 1.165) is 45.3 Å². The molecule has 2 aliphatic rings. The molecule has 2 aromatic heterocycles. The lowest BCUT2D eigenvalue weighted by molar-refractivity contribution is -0.130. The normalized spacial score (nSPS) is 20.6. The zero-order valence-electron chi connectivity index (χ0n) is 17.6. The number of carbonyl (C=O) groups is 1. The Kier molecular flexibility index (Phi) is 6.59.